The van der Waals surface area contributed by atoms with Crippen LogP contribution in [-0.4, -0.2) is 11.5 Å². The Bertz CT molecular complexity index is 824. The van der Waals surface area contributed by atoms with E-state index < -0.39 is 30.5 Å². The molecule has 1 aliphatic rings. The van der Waals surface area contributed by atoms with Gasteiger partial charge in [-0.1, -0.05) is 0 Å². The lowest BCUT2D eigenvalue weighted by atomic mass is 10.1. The van der Waals surface area contributed by atoms with E-state index >= 15 is 0 Å². The maximum atomic E-state index is 13.3. The molecule has 0 saturated carbocycles. The van der Waals surface area contributed by atoms with Crippen LogP contribution in [0.15, 0.2) is 42.5 Å². The fourth-order valence-corrected chi connectivity index (χ4v) is 3.71. The van der Waals surface area contributed by atoms with Gasteiger partial charge in [-0.2, -0.15) is 0 Å². The number of nitro benzene ring substituents is 1. The average molecular weight is 371 g/mol. The second-order valence-electron chi connectivity index (χ2n) is 5.21. The van der Waals surface area contributed by atoms with Gasteiger partial charge < -0.3 is 4.52 Å². The topological polar surface area (TPSA) is 87.9 Å². The minimum Gasteiger partial charge on any atom is -0.404 e. The number of nitro groups is 1. The normalized spacial score (nSPS) is 23.2. The summed E-state index contributed by atoms with van der Waals surface area (Å²) >= 11 is 0. The van der Waals surface area contributed by atoms with E-state index in [0.717, 1.165) is 18.2 Å². The van der Waals surface area contributed by atoms with Crippen LogP contribution in [0.3, 0.4) is 0 Å². The number of nitrogens with zero attached hydrogens (tertiary/aromatic N) is 1. The van der Waals surface area contributed by atoms with Gasteiger partial charge in [-0.15, -0.1) is 0 Å². The second-order valence-corrected chi connectivity index (χ2v) is 6.75. The molecule has 0 N–H and O–H groups in total. The second kappa shape index (κ2) is 6.87. The summed E-state index contributed by atoms with van der Waals surface area (Å²) in [6, 6.07) is 7.71. The Morgan fingerprint density at radius 3 is 2.40 bits per heavy atom. The molecule has 1 fully saturated rings. The summed E-state index contributed by atoms with van der Waals surface area (Å²) in [6.07, 6.45) is -0.640. The summed E-state index contributed by atoms with van der Waals surface area (Å²) in [7, 11) is -4.04. The van der Waals surface area contributed by atoms with E-state index in [1.165, 1.54) is 24.3 Å². The first-order chi connectivity index (χ1) is 11.8. The highest BCUT2D eigenvalue weighted by Crippen LogP contribution is 2.56. The molecule has 2 atom stereocenters. The predicted molar refractivity (Wildman–Crippen MR) is 82.1 cm³/mol. The number of non-ortho nitro benzene ring substituents is 1. The van der Waals surface area contributed by atoms with Gasteiger partial charge in [0.25, 0.3) is 5.69 Å². The van der Waals surface area contributed by atoms with Crippen LogP contribution in [0.4, 0.5) is 14.5 Å². The maximum absolute atomic E-state index is 13.3. The van der Waals surface area contributed by atoms with Crippen molar-refractivity contribution in [3.63, 3.8) is 0 Å². The molecule has 10 heteroatoms. The largest absolute Gasteiger partial charge is 0.530 e. The number of hydrogen-bond donors (Lipinski definition) is 0. The summed E-state index contributed by atoms with van der Waals surface area (Å²) in [6.45, 7) is -0.00689. The summed E-state index contributed by atoms with van der Waals surface area (Å²) in [5.74, 6) is -1.52. The van der Waals surface area contributed by atoms with Crippen molar-refractivity contribution < 1.29 is 31.8 Å². The third-order valence-electron chi connectivity index (χ3n) is 3.41. The Morgan fingerprint density at radius 2 is 1.80 bits per heavy atom. The van der Waals surface area contributed by atoms with E-state index in [9.17, 15) is 23.5 Å². The van der Waals surface area contributed by atoms with E-state index in [1.54, 1.807) is 0 Å². The van der Waals surface area contributed by atoms with Crippen molar-refractivity contribution in [1.82, 2.24) is 0 Å². The van der Waals surface area contributed by atoms with Gasteiger partial charge in [0, 0.05) is 24.6 Å². The Hall–Kier alpha value is -2.35. The summed E-state index contributed by atoms with van der Waals surface area (Å²) < 4.78 is 54.8. The highest BCUT2D eigenvalue weighted by molar-refractivity contribution is 7.49. The lowest BCUT2D eigenvalue weighted by molar-refractivity contribution is -0.384. The van der Waals surface area contributed by atoms with Crippen molar-refractivity contribution in [3.8, 4) is 5.75 Å². The zero-order valence-electron chi connectivity index (χ0n) is 12.6. The lowest BCUT2D eigenvalue weighted by Crippen LogP contribution is -2.17. The smallest absolute Gasteiger partial charge is 0.404 e. The third-order valence-corrected chi connectivity index (χ3v) is 4.85. The first-order valence-corrected chi connectivity index (χ1v) is 8.64. The van der Waals surface area contributed by atoms with Gasteiger partial charge in [0.15, 0.2) is 0 Å². The van der Waals surface area contributed by atoms with Crippen LogP contribution in [0.25, 0.3) is 0 Å². The number of phosphoric ester groups is 1. The molecule has 2 aromatic carbocycles. The number of halogens is 2. The molecule has 1 aliphatic heterocycles. The number of rotatable bonds is 4. The summed E-state index contributed by atoms with van der Waals surface area (Å²) in [4.78, 5) is 10.0. The van der Waals surface area contributed by atoms with Crippen molar-refractivity contribution in [1.29, 1.82) is 0 Å². The van der Waals surface area contributed by atoms with Crippen molar-refractivity contribution in [2.24, 2.45) is 0 Å². The molecule has 7 nitrogen and oxygen atoms in total. The molecule has 1 saturated heterocycles. The van der Waals surface area contributed by atoms with Crippen LogP contribution in [-0.2, 0) is 13.6 Å². The first-order valence-electron chi connectivity index (χ1n) is 7.18. The highest BCUT2D eigenvalue weighted by Gasteiger charge is 2.38. The first kappa shape index (κ1) is 17.5. The summed E-state index contributed by atoms with van der Waals surface area (Å²) in [5, 5.41) is 10.6. The minimum atomic E-state index is -4.04. The van der Waals surface area contributed by atoms with Gasteiger partial charge in [0.1, 0.15) is 17.4 Å². The Kier molecular flexibility index (Phi) is 4.80. The number of phosphoric acid groups is 1. The predicted octanol–water partition coefficient (Wildman–Crippen LogP) is 4.54. The molecule has 0 radical (unpaired) electrons. The Balaban J connectivity index is 1.77. The maximum Gasteiger partial charge on any atom is 0.530 e. The van der Waals surface area contributed by atoms with Gasteiger partial charge in [-0.3, -0.25) is 19.2 Å². The fraction of sp³-hybridized carbons (Fsp3) is 0.200. The lowest BCUT2D eigenvalue weighted by Gasteiger charge is -2.29. The van der Waals surface area contributed by atoms with Crippen LogP contribution in [0.1, 0.15) is 18.1 Å². The van der Waals surface area contributed by atoms with Gasteiger partial charge >= 0.3 is 7.82 Å². The van der Waals surface area contributed by atoms with Crippen LogP contribution in [0.2, 0.25) is 0 Å². The molecule has 0 aliphatic carbocycles. The molecule has 1 heterocycles. The van der Waals surface area contributed by atoms with Crippen LogP contribution in [0, 0.1) is 21.7 Å². The van der Waals surface area contributed by atoms with E-state index in [-0.39, 0.29) is 30.0 Å². The van der Waals surface area contributed by atoms with Gasteiger partial charge in [-0.25, -0.2) is 13.3 Å². The molecule has 3 rings (SSSR count). The number of benzene rings is 2. The van der Waals surface area contributed by atoms with Crippen molar-refractivity contribution in [2.45, 2.75) is 12.5 Å². The SMILES string of the molecule is O=[N+]([O-])c1ccc(O[P@@]2(=O)OCC[C@H](c3cc(F)cc(F)c3)O2)cc1. The zero-order valence-corrected chi connectivity index (χ0v) is 13.5. The molecular formula is C15H12F2NO6P. The molecule has 0 amide bonds. The van der Waals surface area contributed by atoms with Crippen LogP contribution in [0.5, 0.6) is 5.75 Å². The zero-order chi connectivity index (χ0) is 18.0. The number of hydrogen-bond acceptors (Lipinski definition) is 6. The van der Waals surface area contributed by atoms with Crippen LogP contribution >= 0.6 is 7.82 Å². The third kappa shape index (κ3) is 4.19. The highest BCUT2D eigenvalue weighted by atomic mass is 31.2. The van der Waals surface area contributed by atoms with Gasteiger partial charge in [-0.05, 0) is 29.8 Å². The van der Waals surface area contributed by atoms with E-state index in [0.29, 0.717) is 0 Å². The molecule has 0 aromatic heterocycles. The molecule has 25 heavy (non-hydrogen) atoms. The van der Waals surface area contributed by atoms with Crippen LogP contribution < -0.4 is 4.52 Å². The quantitative estimate of drug-likeness (QED) is 0.445. The van der Waals surface area contributed by atoms with E-state index in [4.69, 9.17) is 13.6 Å². The molecule has 2 aromatic rings. The van der Waals surface area contributed by atoms with Gasteiger partial charge in [0.2, 0.25) is 0 Å². The minimum absolute atomic E-state index is 0.00689. The molecule has 0 bridgehead atoms. The fourth-order valence-electron chi connectivity index (χ4n) is 2.30. The molecule has 132 valence electrons. The summed E-state index contributed by atoms with van der Waals surface area (Å²) in [5.41, 5.74) is 0.0116. The van der Waals surface area contributed by atoms with Crippen molar-refractivity contribution in [3.05, 3.63) is 69.8 Å². The molecule has 0 unspecified atom stereocenters. The average Bonchev–Trinajstić information content (AvgIpc) is 2.54. The standard InChI is InChI=1S/C15H12F2NO6P/c16-11-7-10(8-12(17)9-11)15-5-6-22-25(21,24-15)23-14-3-1-13(2-4-14)18(19)20/h1-4,7-9,15H,5-6H2/t15-,25-/m1/s1. The van der Waals surface area contributed by atoms with E-state index in [2.05, 4.69) is 0 Å². The molecular weight excluding hydrogens is 359 g/mol. The van der Waals surface area contributed by atoms with E-state index in [1.807, 2.05) is 0 Å². The Labute approximate surface area is 140 Å². The van der Waals surface area contributed by atoms with Gasteiger partial charge in [0.05, 0.1) is 17.6 Å². The monoisotopic (exact) mass is 371 g/mol. The van der Waals surface area contributed by atoms with Crippen molar-refractivity contribution >= 4 is 13.5 Å². The van der Waals surface area contributed by atoms with Crippen molar-refractivity contribution in [2.75, 3.05) is 6.61 Å². The molecule has 0 spiro atoms. The Morgan fingerprint density at radius 1 is 1.16 bits per heavy atom.